The van der Waals surface area contributed by atoms with Crippen LogP contribution in [0.3, 0.4) is 0 Å². The third kappa shape index (κ3) is 1.99. The van der Waals surface area contributed by atoms with Crippen LogP contribution in [0, 0.1) is 5.41 Å². The maximum Gasteiger partial charge on any atom is 0.318 e. The Hall–Kier alpha value is -1.06. The predicted molar refractivity (Wildman–Crippen MR) is 42.5 cm³/mol. The van der Waals surface area contributed by atoms with E-state index in [1.165, 1.54) is 0 Å². The minimum Gasteiger partial charge on any atom is -0.549 e. The normalized spacial score (nSPS) is 19.3. The molecule has 0 aromatic heterocycles. The second-order valence-corrected chi connectivity index (χ2v) is 4.37. The minimum absolute atomic E-state index is 0.338. The van der Waals surface area contributed by atoms with Crippen LogP contribution in [0.15, 0.2) is 0 Å². The zero-order valence-electron chi connectivity index (χ0n) is 8.05. The molecule has 0 aromatic rings. The number of hydrogen-bond acceptors (Lipinski definition) is 4. The minimum atomic E-state index is -1.34. The highest BCUT2D eigenvalue weighted by molar-refractivity contribution is 6.01. The van der Waals surface area contributed by atoms with Gasteiger partial charge in [-0.2, -0.15) is 0 Å². The fourth-order valence-corrected chi connectivity index (χ4v) is 0.992. The Bertz CT molecular complexity index is 245. The van der Waals surface area contributed by atoms with Gasteiger partial charge in [-0.25, -0.2) is 0 Å². The lowest BCUT2D eigenvalue weighted by Gasteiger charge is -2.24. The highest BCUT2D eigenvalue weighted by atomic mass is 16.6. The number of carbonyl (C=O) groups is 2. The Balaban J connectivity index is 2.64. The molecule has 1 rings (SSSR count). The molecule has 0 aliphatic heterocycles. The molecule has 4 nitrogen and oxygen atoms in total. The summed E-state index contributed by atoms with van der Waals surface area (Å²) in [7, 11) is 0. The van der Waals surface area contributed by atoms with Gasteiger partial charge in [0, 0.05) is 0 Å². The molecule has 0 aromatic carbocycles. The van der Waals surface area contributed by atoms with Crippen molar-refractivity contribution < 1.29 is 19.4 Å². The first-order chi connectivity index (χ1) is 5.78. The van der Waals surface area contributed by atoms with Gasteiger partial charge in [-0.3, -0.25) is 4.79 Å². The third-order valence-corrected chi connectivity index (χ3v) is 1.93. The standard InChI is InChI=1S/C9H14O4/c1-8(2,3)13-7(12)9(4-5-9)6(10)11/h4-5H2,1-3H3,(H,10,11)/p-1. The quantitative estimate of drug-likeness (QED) is 0.443. The van der Waals surface area contributed by atoms with E-state index >= 15 is 0 Å². The van der Waals surface area contributed by atoms with Crippen molar-refractivity contribution in [3.05, 3.63) is 0 Å². The largest absolute Gasteiger partial charge is 0.549 e. The van der Waals surface area contributed by atoms with Gasteiger partial charge in [0.1, 0.15) is 11.0 Å². The summed E-state index contributed by atoms with van der Waals surface area (Å²) in [5, 5.41) is 10.6. The molecule has 1 saturated carbocycles. The number of esters is 1. The van der Waals surface area contributed by atoms with Gasteiger partial charge in [-0.15, -0.1) is 0 Å². The van der Waals surface area contributed by atoms with Crippen molar-refractivity contribution in [2.24, 2.45) is 5.41 Å². The van der Waals surface area contributed by atoms with E-state index in [1.54, 1.807) is 20.8 Å². The van der Waals surface area contributed by atoms with E-state index in [0.717, 1.165) is 0 Å². The van der Waals surface area contributed by atoms with E-state index in [2.05, 4.69) is 0 Å². The monoisotopic (exact) mass is 185 g/mol. The Morgan fingerprint density at radius 3 is 2.00 bits per heavy atom. The number of rotatable bonds is 2. The van der Waals surface area contributed by atoms with Gasteiger partial charge in [0.05, 0.1) is 5.97 Å². The van der Waals surface area contributed by atoms with Crippen LogP contribution in [-0.2, 0) is 14.3 Å². The smallest absolute Gasteiger partial charge is 0.318 e. The van der Waals surface area contributed by atoms with Gasteiger partial charge in [-0.05, 0) is 33.6 Å². The molecule has 4 heteroatoms. The molecular formula is C9H13O4-. The molecule has 0 atom stereocenters. The first-order valence-electron chi connectivity index (χ1n) is 4.23. The van der Waals surface area contributed by atoms with Gasteiger partial charge < -0.3 is 14.6 Å². The molecule has 74 valence electrons. The van der Waals surface area contributed by atoms with Crippen molar-refractivity contribution in [3.63, 3.8) is 0 Å². The third-order valence-electron chi connectivity index (χ3n) is 1.93. The van der Waals surface area contributed by atoms with Crippen LogP contribution in [0.2, 0.25) is 0 Å². The molecule has 0 bridgehead atoms. The number of aliphatic carboxylic acids is 1. The van der Waals surface area contributed by atoms with Gasteiger partial charge >= 0.3 is 5.97 Å². The van der Waals surface area contributed by atoms with E-state index < -0.39 is 23.0 Å². The fourth-order valence-electron chi connectivity index (χ4n) is 0.992. The van der Waals surface area contributed by atoms with Gasteiger partial charge in [-0.1, -0.05) is 0 Å². The molecule has 1 aliphatic carbocycles. The Kier molecular flexibility index (Phi) is 2.10. The molecule has 0 N–H and O–H groups in total. The Morgan fingerprint density at radius 1 is 1.31 bits per heavy atom. The highest BCUT2D eigenvalue weighted by Gasteiger charge is 2.53. The molecule has 1 aliphatic rings. The van der Waals surface area contributed by atoms with Gasteiger partial charge in [0.15, 0.2) is 0 Å². The second-order valence-electron chi connectivity index (χ2n) is 4.37. The average Bonchev–Trinajstić information content (AvgIpc) is 2.59. The number of hydrogen-bond donors (Lipinski definition) is 0. The maximum absolute atomic E-state index is 11.3. The fraction of sp³-hybridized carbons (Fsp3) is 0.778. The lowest BCUT2D eigenvalue weighted by Crippen LogP contribution is -2.41. The molecule has 0 saturated heterocycles. The maximum atomic E-state index is 11.3. The summed E-state index contributed by atoms with van der Waals surface area (Å²) >= 11 is 0. The van der Waals surface area contributed by atoms with E-state index in [1.807, 2.05) is 0 Å². The first kappa shape index (κ1) is 10.0. The summed E-state index contributed by atoms with van der Waals surface area (Å²) in [6.07, 6.45) is 0.675. The lowest BCUT2D eigenvalue weighted by molar-refractivity contribution is -0.313. The lowest BCUT2D eigenvalue weighted by atomic mass is 10.1. The summed E-state index contributed by atoms with van der Waals surface area (Å²) in [5.41, 5.74) is -1.98. The van der Waals surface area contributed by atoms with E-state index in [-0.39, 0.29) is 0 Å². The summed E-state index contributed by atoms with van der Waals surface area (Å²) in [5.74, 6) is -1.98. The van der Waals surface area contributed by atoms with Crippen LogP contribution in [0.4, 0.5) is 0 Å². The van der Waals surface area contributed by atoms with Crippen molar-refractivity contribution in [3.8, 4) is 0 Å². The Morgan fingerprint density at radius 2 is 1.77 bits per heavy atom. The molecular weight excluding hydrogens is 172 g/mol. The number of carbonyl (C=O) groups excluding carboxylic acids is 2. The number of carboxylic acids is 1. The summed E-state index contributed by atoms with van der Waals surface area (Å²) in [6.45, 7) is 5.11. The summed E-state index contributed by atoms with van der Waals surface area (Å²) in [4.78, 5) is 21.9. The summed E-state index contributed by atoms with van der Waals surface area (Å²) in [6, 6.07) is 0. The van der Waals surface area contributed by atoms with Crippen molar-refractivity contribution in [1.29, 1.82) is 0 Å². The van der Waals surface area contributed by atoms with Crippen LogP contribution in [-0.4, -0.2) is 17.5 Å². The molecule has 1 fully saturated rings. The number of ether oxygens (including phenoxy) is 1. The topological polar surface area (TPSA) is 66.4 Å². The molecule has 0 heterocycles. The highest BCUT2D eigenvalue weighted by Crippen LogP contribution is 2.46. The summed E-state index contributed by atoms with van der Waals surface area (Å²) < 4.78 is 4.97. The van der Waals surface area contributed by atoms with Crippen LogP contribution < -0.4 is 5.11 Å². The van der Waals surface area contributed by atoms with Gasteiger partial charge in [0.2, 0.25) is 0 Å². The van der Waals surface area contributed by atoms with Crippen LogP contribution in [0.5, 0.6) is 0 Å². The van der Waals surface area contributed by atoms with Crippen molar-refractivity contribution >= 4 is 11.9 Å². The number of carboxylic acid groups (broad SMARTS) is 1. The molecule has 0 unspecified atom stereocenters. The van der Waals surface area contributed by atoms with Crippen molar-refractivity contribution in [1.82, 2.24) is 0 Å². The van der Waals surface area contributed by atoms with E-state index in [0.29, 0.717) is 12.8 Å². The Labute approximate surface area is 76.9 Å². The average molecular weight is 185 g/mol. The van der Waals surface area contributed by atoms with Crippen LogP contribution >= 0.6 is 0 Å². The van der Waals surface area contributed by atoms with E-state index in [9.17, 15) is 14.7 Å². The first-order valence-corrected chi connectivity index (χ1v) is 4.23. The molecule has 0 spiro atoms. The zero-order valence-corrected chi connectivity index (χ0v) is 8.05. The zero-order chi connectivity index (χ0) is 10.3. The van der Waals surface area contributed by atoms with E-state index in [4.69, 9.17) is 4.74 Å². The van der Waals surface area contributed by atoms with Crippen molar-refractivity contribution in [2.45, 2.75) is 39.2 Å². The van der Waals surface area contributed by atoms with Gasteiger partial charge in [0.25, 0.3) is 0 Å². The van der Waals surface area contributed by atoms with Crippen LogP contribution in [0.1, 0.15) is 33.6 Å². The SMILES string of the molecule is CC(C)(C)OC(=O)C1(C(=O)[O-])CC1. The predicted octanol–water partition coefficient (Wildman–Crippen LogP) is -0.142. The van der Waals surface area contributed by atoms with Crippen molar-refractivity contribution in [2.75, 3.05) is 0 Å². The molecule has 13 heavy (non-hydrogen) atoms. The molecule has 0 amide bonds. The molecule has 0 radical (unpaired) electrons. The second kappa shape index (κ2) is 2.72. The van der Waals surface area contributed by atoms with Crippen LogP contribution in [0.25, 0.3) is 0 Å².